The zero-order chi connectivity index (χ0) is 15.9. The van der Waals surface area contributed by atoms with Gasteiger partial charge in [0.1, 0.15) is 0 Å². The van der Waals surface area contributed by atoms with Crippen LogP contribution in [0.2, 0.25) is 0 Å². The van der Waals surface area contributed by atoms with Gasteiger partial charge in [0, 0.05) is 30.3 Å². The van der Waals surface area contributed by atoms with Gasteiger partial charge in [-0.1, -0.05) is 42.4 Å². The number of nitrogens with one attached hydrogen (secondary N) is 1. The third kappa shape index (κ3) is 2.27. The lowest BCUT2D eigenvalue weighted by Crippen LogP contribution is -2.73. The molecule has 1 amide bonds. The average Bonchev–Trinajstić information content (AvgIpc) is 3.06. The van der Waals surface area contributed by atoms with Crippen LogP contribution < -0.4 is 5.32 Å². The van der Waals surface area contributed by atoms with Gasteiger partial charge in [0.15, 0.2) is 11.5 Å². The Labute approximate surface area is 135 Å². The molecule has 120 valence electrons. The Balaban J connectivity index is 1.57. The van der Waals surface area contributed by atoms with Crippen molar-refractivity contribution in [2.75, 3.05) is 13.1 Å². The second-order valence-corrected chi connectivity index (χ2v) is 6.43. The minimum atomic E-state index is -0.0139. The van der Waals surface area contributed by atoms with Crippen molar-refractivity contribution >= 4 is 5.91 Å². The lowest BCUT2D eigenvalue weighted by Gasteiger charge is -2.57. The monoisotopic (exact) mass is 311 g/mol. The number of hydrogen-bond donors (Lipinski definition) is 1. The van der Waals surface area contributed by atoms with Gasteiger partial charge in [-0.2, -0.15) is 0 Å². The van der Waals surface area contributed by atoms with E-state index in [9.17, 15) is 4.79 Å². The van der Waals surface area contributed by atoms with Gasteiger partial charge in [0.25, 0.3) is 5.91 Å². The molecule has 1 saturated heterocycles. The van der Waals surface area contributed by atoms with E-state index >= 15 is 0 Å². The molecule has 2 fully saturated rings. The second-order valence-electron chi connectivity index (χ2n) is 6.43. The first kappa shape index (κ1) is 14.5. The molecule has 5 nitrogen and oxygen atoms in total. The van der Waals surface area contributed by atoms with E-state index in [1.54, 1.807) is 6.07 Å². The van der Waals surface area contributed by atoms with E-state index in [-0.39, 0.29) is 17.5 Å². The molecule has 1 aliphatic heterocycles. The number of carbonyl (C=O) groups excluding carboxylic acids is 1. The number of benzene rings is 1. The van der Waals surface area contributed by atoms with Crippen LogP contribution in [0.1, 0.15) is 36.7 Å². The van der Waals surface area contributed by atoms with E-state index < -0.39 is 0 Å². The van der Waals surface area contributed by atoms with Gasteiger partial charge in [0.2, 0.25) is 0 Å². The Hall–Kier alpha value is -2.14. The molecule has 1 saturated carbocycles. The molecule has 0 radical (unpaired) electrons. The molecule has 2 aliphatic rings. The van der Waals surface area contributed by atoms with E-state index in [1.165, 1.54) is 0 Å². The van der Waals surface area contributed by atoms with Gasteiger partial charge in [0.05, 0.1) is 6.04 Å². The molecule has 4 rings (SSSR count). The molecule has 2 aromatic rings. The molecule has 0 spiro atoms. The first-order valence-electron chi connectivity index (χ1n) is 8.32. The zero-order valence-electron chi connectivity index (χ0n) is 13.3. The van der Waals surface area contributed by atoms with Crippen molar-refractivity contribution in [2.24, 2.45) is 0 Å². The smallest absolute Gasteiger partial charge is 0.276 e. The van der Waals surface area contributed by atoms with E-state index in [0.29, 0.717) is 11.5 Å². The zero-order valence-corrected chi connectivity index (χ0v) is 13.3. The summed E-state index contributed by atoms with van der Waals surface area (Å²) in [5.74, 6) is 0.624. The maximum Gasteiger partial charge on any atom is 0.276 e. The van der Waals surface area contributed by atoms with Crippen LogP contribution in [0.4, 0.5) is 0 Å². The minimum absolute atomic E-state index is 0.0139. The van der Waals surface area contributed by atoms with Gasteiger partial charge in [-0.25, -0.2) is 0 Å². The molecular formula is C18H21N3O2. The molecule has 1 N–H and O–H groups in total. The van der Waals surface area contributed by atoms with Crippen molar-refractivity contribution in [3.05, 3.63) is 42.1 Å². The summed E-state index contributed by atoms with van der Waals surface area (Å²) in [5.41, 5.74) is 1.45. The normalized spacial score (nSPS) is 26.5. The summed E-state index contributed by atoms with van der Waals surface area (Å²) in [7, 11) is 0. The fourth-order valence-corrected chi connectivity index (χ4v) is 3.91. The number of aromatic nitrogens is 1. The lowest BCUT2D eigenvalue weighted by molar-refractivity contribution is -0.0135. The SMILES string of the molecule is CCC12CCC1N(C(=O)c1cc(-c3ccccc3)on1)CCN2. The van der Waals surface area contributed by atoms with Crippen molar-refractivity contribution in [3.63, 3.8) is 0 Å². The molecule has 1 aromatic carbocycles. The highest BCUT2D eigenvalue weighted by Crippen LogP contribution is 2.41. The molecule has 1 aromatic heterocycles. The fourth-order valence-electron chi connectivity index (χ4n) is 3.91. The first-order valence-corrected chi connectivity index (χ1v) is 8.32. The Kier molecular flexibility index (Phi) is 3.45. The number of amides is 1. The van der Waals surface area contributed by atoms with Crippen LogP contribution in [0.15, 0.2) is 40.9 Å². The van der Waals surface area contributed by atoms with Crippen LogP contribution in [0.25, 0.3) is 11.3 Å². The third-order valence-corrected chi connectivity index (χ3v) is 5.39. The van der Waals surface area contributed by atoms with Crippen LogP contribution >= 0.6 is 0 Å². The minimum Gasteiger partial charge on any atom is -0.355 e. The number of piperazine rings is 1. The molecule has 2 atom stereocenters. The predicted molar refractivity (Wildman–Crippen MR) is 87.0 cm³/mol. The number of hydrogen-bond acceptors (Lipinski definition) is 4. The Morgan fingerprint density at radius 2 is 2.26 bits per heavy atom. The number of carbonyl (C=O) groups is 1. The van der Waals surface area contributed by atoms with Crippen molar-refractivity contribution < 1.29 is 9.32 Å². The summed E-state index contributed by atoms with van der Waals surface area (Å²) in [4.78, 5) is 14.9. The molecule has 2 heterocycles. The standard InChI is InChI=1S/C18H21N3O2/c1-2-18-9-8-16(18)21(11-10-19-18)17(22)14-12-15(23-20-14)13-6-4-3-5-7-13/h3-7,12,16,19H,2,8-11H2,1H3. The molecule has 1 aliphatic carbocycles. The van der Waals surface area contributed by atoms with Crippen LogP contribution in [0.5, 0.6) is 0 Å². The quantitative estimate of drug-likeness (QED) is 0.947. The van der Waals surface area contributed by atoms with E-state index in [4.69, 9.17) is 4.52 Å². The molecule has 2 unspecified atom stereocenters. The largest absolute Gasteiger partial charge is 0.355 e. The summed E-state index contributed by atoms with van der Waals surface area (Å²) < 4.78 is 5.38. The van der Waals surface area contributed by atoms with Gasteiger partial charge in [-0.15, -0.1) is 0 Å². The number of fused-ring (bicyclic) bond motifs is 1. The van der Waals surface area contributed by atoms with Gasteiger partial charge >= 0.3 is 0 Å². The second kappa shape index (κ2) is 5.49. The topological polar surface area (TPSA) is 58.4 Å². The van der Waals surface area contributed by atoms with Gasteiger partial charge in [-0.3, -0.25) is 4.79 Å². The summed E-state index contributed by atoms with van der Waals surface area (Å²) in [6, 6.07) is 11.8. The lowest BCUT2D eigenvalue weighted by atomic mass is 9.67. The van der Waals surface area contributed by atoms with Crippen molar-refractivity contribution in [3.8, 4) is 11.3 Å². The molecule has 0 bridgehead atoms. The summed E-state index contributed by atoms with van der Waals surface area (Å²) >= 11 is 0. The van der Waals surface area contributed by atoms with Crippen LogP contribution in [0.3, 0.4) is 0 Å². The van der Waals surface area contributed by atoms with Gasteiger partial charge in [-0.05, 0) is 19.3 Å². The van der Waals surface area contributed by atoms with E-state index in [2.05, 4.69) is 17.4 Å². The Bertz CT molecular complexity index is 708. The molecule has 23 heavy (non-hydrogen) atoms. The highest BCUT2D eigenvalue weighted by atomic mass is 16.5. The van der Waals surface area contributed by atoms with Crippen molar-refractivity contribution in [2.45, 2.75) is 37.8 Å². The van der Waals surface area contributed by atoms with Crippen molar-refractivity contribution in [1.82, 2.24) is 15.4 Å². The Morgan fingerprint density at radius 1 is 1.43 bits per heavy atom. The fraction of sp³-hybridized carbons (Fsp3) is 0.444. The molecule has 5 heteroatoms. The maximum absolute atomic E-state index is 12.9. The van der Waals surface area contributed by atoms with E-state index in [0.717, 1.165) is 37.9 Å². The predicted octanol–water partition coefficient (Wildman–Crippen LogP) is 2.70. The van der Waals surface area contributed by atoms with Crippen LogP contribution in [0, 0.1) is 0 Å². The number of nitrogens with zero attached hydrogens (tertiary/aromatic N) is 2. The summed E-state index contributed by atoms with van der Waals surface area (Å²) in [6.45, 7) is 3.77. The summed E-state index contributed by atoms with van der Waals surface area (Å²) in [5, 5.41) is 7.62. The number of rotatable bonds is 3. The summed E-state index contributed by atoms with van der Waals surface area (Å²) in [6.07, 6.45) is 3.26. The van der Waals surface area contributed by atoms with Crippen LogP contribution in [-0.4, -0.2) is 40.6 Å². The van der Waals surface area contributed by atoms with Crippen molar-refractivity contribution in [1.29, 1.82) is 0 Å². The first-order chi connectivity index (χ1) is 11.2. The van der Waals surface area contributed by atoms with Crippen LogP contribution in [-0.2, 0) is 0 Å². The Morgan fingerprint density at radius 3 is 2.96 bits per heavy atom. The highest BCUT2D eigenvalue weighted by molar-refractivity contribution is 5.93. The van der Waals surface area contributed by atoms with E-state index in [1.807, 2.05) is 35.2 Å². The highest BCUT2D eigenvalue weighted by Gasteiger charge is 2.51. The molecular weight excluding hydrogens is 290 g/mol. The third-order valence-electron chi connectivity index (χ3n) is 5.39. The average molecular weight is 311 g/mol. The van der Waals surface area contributed by atoms with Gasteiger partial charge < -0.3 is 14.7 Å². The maximum atomic E-state index is 12.9.